The second-order valence-corrected chi connectivity index (χ2v) is 4.70. The average molecular weight is 269 g/mol. The molecule has 2 heterocycles. The average Bonchev–Trinajstić information content (AvgIpc) is 2.96. The van der Waals surface area contributed by atoms with E-state index in [1.807, 2.05) is 24.3 Å². The number of fused-ring (bicyclic) bond motifs is 1. The minimum absolute atomic E-state index is 0.0516. The van der Waals surface area contributed by atoms with Crippen LogP contribution in [0, 0.1) is 0 Å². The van der Waals surface area contributed by atoms with E-state index in [-0.39, 0.29) is 5.78 Å². The van der Waals surface area contributed by atoms with E-state index in [4.69, 9.17) is 9.47 Å². The van der Waals surface area contributed by atoms with E-state index in [9.17, 15) is 4.79 Å². The van der Waals surface area contributed by atoms with Crippen molar-refractivity contribution in [2.75, 3.05) is 13.7 Å². The molecule has 0 saturated carbocycles. The summed E-state index contributed by atoms with van der Waals surface area (Å²) in [7, 11) is 1.57. The van der Waals surface area contributed by atoms with Crippen molar-refractivity contribution in [3.05, 3.63) is 53.2 Å². The first-order valence-corrected chi connectivity index (χ1v) is 6.55. The Bertz CT molecular complexity index is 635. The van der Waals surface area contributed by atoms with Gasteiger partial charge in [0, 0.05) is 25.1 Å². The van der Waals surface area contributed by atoms with E-state index in [0.29, 0.717) is 24.5 Å². The summed E-state index contributed by atoms with van der Waals surface area (Å²) in [5, 5.41) is 0. The highest BCUT2D eigenvalue weighted by molar-refractivity contribution is 6.00. The lowest BCUT2D eigenvalue weighted by Gasteiger charge is -2.07. The first kappa shape index (κ1) is 12.7. The number of aromatic nitrogens is 1. The lowest BCUT2D eigenvalue weighted by molar-refractivity contribution is 0.0990. The summed E-state index contributed by atoms with van der Waals surface area (Å²) in [6.07, 6.45) is 2.86. The van der Waals surface area contributed by atoms with Crippen LogP contribution in [0.15, 0.2) is 36.5 Å². The Kier molecular flexibility index (Phi) is 3.37. The van der Waals surface area contributed by atoms with Gasteiger partial charge >= 0.3 is 0 Å². The summed E-state index contributed by atoms with van der Waals surface area (Å²) in [5.41, 5.74) is 2.64. The van der Waals surface area contributed by atoms with Gasteiger partial charge in [0.25, 0.3) is 0 Å². The third-order valence-corrected chi connectivity index (χ3v) is 3.39. The first-order chi connectivity index (χ1) is 9.78. The van der Waals surface area contributed by atoms with Crippen LogP contribution in [0.1, 0.15) is 21.5 Å². The zero-order valence-electron chi connectivity index (χ0n) is 11.3. The molecule has 1 aliphatic heterocycles. The minimum atomic E-state index is 0.0516. The number of ketones is 1. The van der Waals surface area contributed by atoms with Crippen LogP contribution in [0.5, 0.6) is 11.6 Å². The molecule has 0 radical (unpaired) electrons. The fourth-order valence-corrected chi connectivity index (χ4v) is 2.35. The number of rotatable bonds is 4. The zero-order chi connectivity index (χ0) is 13.9. The molecule has 4 heteroatoms. The van der Waals surface area contributed by atoms with Crippen LogP contribution >= 0.6 is 0 Å². The summed E-state index contributed by atoms with van der Waals surface area (Å²) in [6.45, 7) is 0.656. The van der Waals surface area contributed by atoms with Gasteiger partial charge in [-0.2, -0.15) is 0 Å². The van der Waals surface area contributed by atoms with Gasteiger partial charge in [0.1, 0.15) is 5.75 Å². The molecule has 102 valence electrons. The number of Topliss-reactive ketones (excluding diaryl/α,β-unsaturated/α-hetero) is 1. The molecular weight excluding hydrogens is 254 g/mol. The zero-order valence-corrected chi connectivity index (χ0v) is 11.3. The molecule has 1 aromatic heterocycles. The maximum atomic E-state index is 12.4. The van der Waals surface area contributed by atoms with Gasteiger partial charge in [-0.25, -0.2) is 4.98 Å². The van der Waals surface area contributed by atoms with E-state index < -0.39 is 0 Å². The predicted molar refractivity (Wildman–Crippen MR) is 74.5 cm³/mol. The summed E-state index contributed by atoms with van der Waals surface area (Å²) in [5.74, 6) is 1.35. The van der Waals surface area contributed by atoms with Crippen LogP contribution < -0.4 is 9.47 Å². The van der Waals surface area contributed by atoms with Crippen LogP contribution in [-0.2, 0) is 12.8 Å². The quantitative estimate of drug-likeness (QED) is 0.800. The Labute approximate surface area is 117 Å². The summed E-state index contributed by atoms with van der Waals surface area (Å²) in [6, 6.07) is 9.35. The number of methoxy groups -OCH3 is 1. The smallest absolute Gasteiger partial charge is 0.212 e. The number of para-hydroxylation sites is 1. The summed E-state index contributed by atoms with van der Waals surface area (Å²) in [4.78, 5) is 16.5. The van der Waals surface area contributed by atoms with Gasteiger partial charge in [0.2, 0.25) is 5.88 Å². The Morgan fingerprint density at radius 2 is 2.25 bits per heavy atom. The second kappa shape index (κ2) is 5.33. The number of nitrogens with zero attached hydrogens (tertiary/aromatic N) is 1. The molecule has 4 nitrogen and oxygen atoms in total. The molecule has 20 heavy (non-hydrogen) atoms. The number of hydrogen-bond donors (Lipinski definition) is 0. The molecule has 0 atom stereocenters. The fourth-order valence-electron chi connectivity index (χ4n) is 2.35. The van der Waals surface area contributed by atoms with Crippen molar-refractivity contribution >= 4 is 5.78 Å². The largest absolute Gasteiger partial charge is 0.492 e. The molecule has 2 aromatic rings. The van der Waals surface area contributed by atoms with Crippen LogP contribution in [0.3, 0.4) is 0 Å². The van der Waals surface area contributed by atoms with Gasteiger partial charge in [-0.05, 0) is 17.2 Å². The Balaban J connectivity index is 1.81. The van der Waals surface area contributed by atoms with Gasteiger partial charge in [0.05, 0.1) is 19.3 Å². The topological polar surface area (TPSA) is 48.4 Å². The molecule has 1 aliphatic rings. The molecular formula is C16H15NO3. The summed E-state index contributed by atoms with van der Waals surface area (Å²) >= 11 is 0. The molecule has 0 unspecified atom stereocenters. The SMILES string of the molecule is COc1ccc(CC(=O)c2cccc3c2OCC3)cn1. The lowest BCUT2D eigenvalue weighted by atomic mass is 10.0. The van der Waals surface area contributed by atoms with Gasteiger partial charge in [-0.3, -0.25) is 4.79 Å². The maximum absolute atomic E-state index is 12.4. The number of carbonyl (C=O) groups excluding carboxylic acids is 1. The second-order valence-electron chi connectivity index (χ2n) is 4.70. The number of benzene rings is 1. The van der Waals surface area contributed by atoms with Crippen molar-refractivity contribution < 1.29 is 14.3 Å². The Morgan fingerprint density at radius 3 is 3.00 bits per heavy atom. The summed E-state index contributed by atoms with van der Waals surface area (Å²) < 4.78 is 10.6. The maximum Gasteiger partial charge on any atom is 0.212 e. The number of pyridine rings is 1. The fraction of sp³-hybridized carbons (Fsp3) is 0.250. The molecule has 0 aliphatic carbocycles. The van der Waals surface area contributed by atoms with E-state index in [0.717, 1.165) is 23.3 Å². The van der Waals surface area contributed by atoms with Crippen molar-refractivity contribution in [2.45, 2.75) is 12.8 Å². The molecule has 0 bridgehead atoms. The van der Waals surface area contributed by atoms with Gasteiger partial charge in [-0.15, -0.1) is 0 Å². The molecule has 0 fully saturated rings. The van der Waals surface area contributed by atoms with Crippen LogP contribution in [0.2, 0.25) is 0 Å². The van der Waals surface area contributed by atoms with E-state index in [1.54, 1.807) is 19.4 Å². The highest BCUT2D eigenvalue weighted by Gasteiger charge is 2.20. The molecule has 0 amide bonds. The third-order valence-electron chi connectivity index (χ3n) is 3.39. The number of carbonyl (C=O) groups is 1. The van der Waals surface area contributed by atoms with Crippen molar-refractivity contribution in [2.24, 2.45) is 0 Å². The monoisotopic (exact) mass is 269 g/mol. The van der Waals surface area contributed by atoms with E-state index in [2.05, 4.69) is 4.98 Å². The van der Waals surface area contributed by atoms with Gasteiger partial charge in [0.15, 0.2) is 5.78 Å². The molecule has 1 aromatic carbocycles. The molecule has 3 rings (SSSR count). The van der Waals surface area contributed by atoms with Gasteiger partial charge < -0.3 is 9.47 Å². The van der Waals surface area contributed by atoms with Crippen LogP contribution in [0.25, 0.3) is 0 Å². The first-order valence-electron chi connectivity index (χ1n) is 6.55. The Morgan fingerprint density at radius 1 is 1.35 bits per heavy atom. The van der Waals surface area contributed by atoms with Crippen LogP contribution in [0.4, 0.5) is 0 Å². The van der Waals surface area contributed by atoms with E-state index in [1.165, 1.54) is 0 Å². The molecule has 0 spiro atoms. The van der Waals surface area contributed by atoms with Crippen molar-refractivity contribution in [3.63, 3.8) is 0 Å². The van der Waals surface area contributed by atoms with Crippen molar-refractivity contribution in [1.82, 2.24) is 4.98 Å². The lowest BCUT2D eigenvalue weighted by Crippen LogP contribution is -2.06. The van der Waals surface area contributed by atoms with Gasteiger partial charge in [-0.1, -0.05) is 18.2 Å². The standard InChI is InChI=1S/C16H15NO3/c1-19-15-6-5-11(10-17-15)9-14(18)13-4-2-3-12-7-8-20-16(12)13/h2-6,10H,7-9H2,1H3. The predicted octanol–water partition coefficient (Wildman–Crippen LogP) is 2.45. The highest BCUT2D eigenvalue weighted by Crippen LogP contribution is 2.30. The third kappa shape index (κ3) is 2.37. The molecule has 0 N–H and O–H groups in total. The highest BCUT2D eigenvalue weighted by atomic mass is 16.5. The minimum Gasteiger partial charge on any atom is -0.492 e. The van der Waals surface area contributed by atoms with E-state index >= 15 is 0 Å². The Hall–Kier alpha value is -2.36. The van der Waals surface area contributed by atoms with Crippen LogP contribution in [-0.4, -0.2) is 24.5 Å². The number of hydrogen-bond acceptors (Lipinski definition) is 4. The normalized spacial score (nSPS) is 12.7. The van der Waals surface area contributed by atoms with Crippen molar-refractivity contribution in [1.29, 1.82) is 0 Å². The van der Waals surface area contributed by atoms with Crippen molar-refractivity contribution in [3.8, 4) is 11.6 Å². The molecule has 0 saturated heterocycles. The number of ether oxygens (including phenoxy) is 2.